The Kier molecular flexibility index (Phi) is 4.54. The molecular formula is C23H21N3O3. The number of carbonyl (C=O) groups excluding carboxylic acids is 3. The number of Topliss-reactive ketones (excluding diaryl/α,β-unsaturated/α-hetero) is 1. The number of aromatic amines is 1. The molecule has 0 saturated carbocycles. The number of hydrogen-bond donors (Lipinski definition) is 2. The number of aromatic nitrogens is 1. The summed E-state index contributed by atoms with van der Waals surface area (Å²) in [5.41, 5.74) is 1.99. The molecule has 2 heterocycles. The quantitative estimate of drug-likeness (QED) is 0.520. The second-order valence-corrected chi connectivity index (χ2v) is 7.22. The fourth-order valence-corrected chi connectivity index (χ4v) is 3.90. The highest BCUT2D eigenvalue weighted by atomic mass is 16.2. The first-order valence-corrected chi connectivity index (χ1v) is 9.38. The highest BCUT2D eigenvalue weighted by Gasteiger charge is 2.54. The minimum absolute atomic E-state index is 0.285. The molecule has 6 heteroatoms. The zero-order valence-corrected chi connectivity index (χ0v) is 16.2. The van der Waals surface area contributed by atoms with Gasteiger partial charge < -0.3 is 10.3 Å². The number of imide groups is 1. The van der Waals surface area contributed by atoms with Gasteiger partial charge in [0.1, 0.15) is 0 Å². The van der Waals surface area contributed by atoms with E-state index in [0.717, 1.165) is 16.3 Å². The molecule has 2 N–H and O–H groups in total. The Balaban J connectivity index is 1.74. The Morgan fingerprint density at radius 1 is 0.931 bits per heavy atom. The van der Waals surface area contributed by atoms with Crippen LogP contribution in [0.2, 0.25) is 0 Å². The third-order valence-corrected chi connectivity index (χ3v) is 5.27. The summed E-state index contributed by atoms with van der Waals surface area (Å²) < 4.78 is 0. The first-order valence-electron chi connectivity index (χ1n) is 9.38. The zero-order valence-electron chi connectivity index (χ0n) is 16.2. The summed E-state index contributed by atoms with van der Waals surface area (Å²) in [6.45, 7) is 3.34. The molecule has 6 nitrogen and oxygen atoms in total. The Morgan fingerprint density at radius 3 is 1.97 bits per heavy atom. The van der Waals surface area contributed by atoms with E-state index in [2.05, 4.69) is 10.3 Å². The van der Waals surface area contributed by atoms with Crippen LogP contribution in [0.1, 0.15) is 32.9 Å². The topological polar surface area (TPSA) is 82.3 Å². The fraction of sp³-hybridized carbons (Fsp3) is 0.174. The summed E-state index contributed by atoms with van der Waals surface area (Å²) in [4.78, 5) is 43.3. The largest absolute Gasteiger partial charge is 0.362 e. The van der Waals surface area contributed by atoms with Crippen LogP contribution in [-0.2, 0) is 10.3 Å². The molecule has 4 rings (SSSR count). The van der Waals surface area contributed by atoms with Crippen LogP contribution in [0.4, 0.5) is 4.79 Å². The molecular weight excluding hydrogens is 366 g/mol. The van der Waals surface area contributed by atoms with Crippen LogP contribution >= 0.6 is 0 Å². The minimum Gasteiger partial charge on any atom is -0.362 e. The number of hydrogen-bond acceptors (Lipinski definition) is 3. The second-order valence-electron chi connectivity index (χ2n) is 7.22. The van der Waals surface area contributed by atoms with Crippen molar-refractivity contribution in [2.24, 2.45) is 0 Å². The van der Waals surface area contributed by atoms with Gasteiger partial charge in [-0.25, -0.2) is 4.79 Å². The van der Waals surface area contributed by atoms with Gasteiger partial charge in [0.25, 0.3) is 5.91 Å². The first-order chi connectivity index (χ1) is 13.9. The van der Waals surface area contributed by atoms with E-state index < -0.39 is 17.5 Å². The second kappa shape index (κ2) is 7.05. The Hall–Kier alpha value is -3.67. The summed E-state index contributed by atoms with van der Waals surface area (Å²) in [7, 11) is 0. The van der Waals surface area contributed by atoms with Gasteiger partial charge in [-0.1, -0.05) is 60.7 Å². The predicted molar refractivity (Wildman–Crippen MR) is 109 cm³/mol. The molecule has 2 aromatic carbocycles. The summed E-state index contributed by atoms with van der Waals surface area (Å²) in [6.07, 6.45) is 0. The molecule has 0 spiro atoms. The van der Waals surface area contributed by atoms with Crippen molar-refractivity contribution in [2.45, 2.75) is 19.4 Å². The van der Waals surface area contributed by atoms with Gasteiger partial charge in [-0.3, -0.25) is 14.5 Å². The van der Waals surface area contributed by atoms with E-state index in [4.69, 9.17) is 0 Å². The van der Waals surface area contributed by atoms with E-state index in [1.54, 1.807) is 37.3 Å². The van der Waals surface area contributed by atoms with Gasteiger partial charge in [0.2, 0.25) is 0 Å². The average Bonchev–Trinajstić information content (AvgIpc) is 3.20. The maximum Gasteiger partial charge on any atom is 0.325 e. The summed E-state index contributed by atoms with van der Waals surface area (Å²) in [5, 5.41) is 2.85. The lowest BCUT2D eigenvalue weighted by Crippen LogP contribution is -2.45. The lowest BCUT2D eigenvalue weighted by molar-refractivity contribution is -0.129. The molecule has 1 aromatic heterocycles. The van der Waals surface area contributed by atoms with Crippen LogP contribution in [0.3, 0.4) is 0 Å². The minimum atomic E-state index is -1.36. The van der Waals surface area contributed by atoms with Crippen LogP contribution in [0.15, 0.2) is 66.7 Å². The van der Waals surface area contributed by atoms with Crippen LogP contribution in [0.5, 0.6) is 0 Å². The monoisotopic (exact) mass is 387 g/mol. The standard InChI is InChI=1S/C23H21N3O3/c1-15-13-19(16(2)24-15)20(27)14-26-21(28)23(25-22(26)29,17-9-5-3-6-10-17)18-11-7-4-8-12-18/h3-13,24H,14H2,1-2H3,(H,25,29). The molecule has 146 valence electrons. The fourth-order valence-electron chi connectivity index (χ4n) is 3.90. The number of nitrogens with zero attached hydrogens (tertiary/aromatic N) is 1. The van der Waals surface area contributed by atoms with Crippen molar-refractivity contribution in [3.05, 3.63) is 94.8 Å². The molecule has 0 unspecified atom stereocenters. The molecule has 0 atom stereocenters. The van der Waals surface area contributed by atoms with Crippen molar-refractivity contribution >= 4 is 17.7 Å². The lowest BCUT2D eigenvalue weighted by Gasteiger charge is -2.27. The van der Waals surface area contributed by atoms with E-state index in [-0.39, 0.29) is 12.3 Å². The number of aryl methyl sites for hydroxylation is 2. The van der Waals surface area contributed by atoms with Crippen molar-refractivity contribution < 1.29 is 14.4 Å². The van der Waals surface area contributed by atoms with Crippen molar-refractivity contribution in [2.75, 3.05) is 6.54 Å². The smallest absolute Gasteiger partial charge is 0.325 e. The number of amides is 3. The van der Waals surface area contributed by atoms with Crippen LogP contribution in [0, 0.1) is 13.8 Å². The SMILES string of the molecule is Cc1cc(C(=O)CN2C(=O)NC(c3ccccc3)(c3ccccc3)C2=O)c(C)[nH]1. The van der Waals surface area contributed by atoms with E-state index in [1.807, 2.05) is 43.3 Å². The van der Waals surface area contributed by atoms with Crippen molar-refractivity contribution in [3.8, 4) is 0 Å². The number of carbonyl (C=O) groups is 3. The number of nitrogens with one attached hydrogen (secondary N) is 2. The molecule has 1 saturated heterocycles. The molecule has 0 bridgehead atoms. The molecule has 1 aliphatic heterocycles. The number of ketones is 1. The van der Waals surface area contributed by atoms with Gasteiger partial charge in [-0.2, -0.15) is 0 Å². The van der Waals surface area contributed by atoms with Crippen LogP contribution in [0.25, 0.3) is 0 Å². The Morgan fingerprint density at radius 2 is 1.48 bits per heavy atom. The summed E-state index contributed by atoms with van der Waals surface area (Å²) in [6, 6.07) is 19.3. The maximum absolute atomic E-state index is 13.6. The lowest BCUT2D eigenvalue weighted by atomic mass is 9.82. The normalized spacial score (nSPS) is 15.4. The van der Waals surface area contributed by atoms with E-state index in [0.29, 0.717) is 16.7 Å². The molecule has 1 aliphatic rings. The molecule has 1 fully saturated rings. The molecule has 3 amide bonds. The molecule has 0 radical (unpaired) electrons. The summed E-state index contributed by atoms with van der Waals surface area (Å²) in [5.74, 6) is -0.745. The third kappa shape index (κ3) is 3.02. The Labute approximate surface area is 168 Å². The van der Waals surface area contributed by atoms with Gasteiger partial charge in [-0.05, 0) is 31.0 Å². The first kappa shape index (κ1) is 18.7. The van der Waals surface area contributed by atoms with E-state index >= 15 is 0 Å². The highest BCUT2D eigenvalue weighted by molar-refractivity contribution is 6.13. The van der Waals surface area contributed by atoms with Crippen LogP contribution in [-0.4, -0.2) is 34.2 Å². The number of urea groups is 1. The highest BCUT2D eigenvalue weighted by Crippen LogP contribution is 2.36. The van der Waals surface area contributed by atoms with E-state index in [9.17, 15) is 14.4 Å². The van der Waals surface area contributed by atoms with Crippen molar-refractivity contribution in [1.82, 2.24) is 15.2 Å². The molecule has 0 aliphatic carbocycles. The predicted octanol–water partition coefficient (Wildman–Crippen LogP) is 3.31. The van der Waals surface area contributed by atoms with Gasteiger partial charge in [-0.15, -0.1) is 0 Å². The zero-order chi connectivity index (χ0) is 20.6. The Bertz CT molecular complexity index is 1050. The summed E-state index contributed by atoms with van der Waals surface area (Å²) >= 11 is 0. The van der Waals surface area contributed by atoms with Gasteiger partial charge in [0.05, 0.1) is 6.54 Å². The van der Waals surface area contributed by atoms with Gasteiger partial charge in [0, 0.05) is 17.0 Å². The van der Waals surface area contributed by atoms with Crippen LogP contribution < -0.4 is 5.32 Å². The van der Waals surface area contributed by atoms with Gasteiger partial charge >= 0.3 is 6.03 Å². The number of H-pyrrole nitrogens is 1. The van der Waals surface area contributed by atoms with Crippen molar-refractivity contribution in [3.63, 3.8) is 0 Å². The maximum atomic E-state index is 13.6. The van der Waals surface area contributed by atoms with Crippen molar-refractivity contribution in [1.29, 1.82) is 0 Å². The van der Waals surface area contributed by atoms with Gasteiger partial charge in [0.15, 0.2) is 11.3 Å². The molecule has 3 aromatic rings. The number of rotatable bonds is 5. The van der Waals surface area contributed by atoms with E-state index in [1.165, 1.54) is 0 Å². The number of benzene rings is 2. The molecule has 29 heavy (non-hydrogen) atoms. The third-order valence-electron chi connectivity index (χ3n) is 5.27. The average molecular weight is 387 g/mol.